The van der Waals surface area contributed by atoms with E-state index in [0.29, 0.717) is 5.56 Å². The topological polar surface area (TPSA) is 59.8 Å². The number of nitrogens with one attached hydrogen (secondary N) is 1. The first kappa shape index (κ1) is 15.0. The number of amides is 1. The van der Waals surface area contributed by atoms with Gasteiger partial charge in [0.2, 0.25) is 0 Å². The molecule has 1 N–H and O–H groups in total. The molecule has 1 heterocycles. The Balaban J connectivity index is 1.79. The van der Waals surface area contributed by atoms with Crippen molar-refractivity contribution < 1.29 is 4.79 Å². The van der Waals surface area contributed by atoms with Gasteiger partial charge in [0.15, 0.2) is 0 Å². The molecule has 0 saturated carbocycles. The maximum atomic E-state index is 12.4. The van der Waals surface area contributed by atoms with Gasteiger partial charge in [-0.1, -0.05) is 30.3 Å². The molecule has 0 unspecified atom stereocenters. The first-order valence-electron chi connectivity index (χ1n) is 7.56. The number of benzene rings is 2. The summed E-state index contributed by atoms with van der Waals surface area (Å²) in [6.45, 7) is 4.00. The fourth-order valence-electron chi connectivity index (χ4n) is 2.44. The van der Waals surface area contributed by atoms with Crippen LogP contribution in [0.25, 0.3) is 5.69 Å². The predicted molar refractivity (Wildman–Crippen MR) is 89.9 cm³/mol. The number of anilines is 1. The van der Waals surface area contributed by atoms with Gasteiger partial charge in [-0.15, -0.1) is 5.10 Å². The summed E-state index contributed by atoms with van der Waals surface area (Å²) in [4.78, 5) is 12.4. The van der Waals surface area contributed by atoms with E-state index in [1.807, 2.05) is 43.3 Å². The third kappa shape index (κ3) is 3.13. The number of hydrogen-bond donors (Lipinski definition) is 1. The molecule has 0 aliphatic rings. The fraction of sp³-hybridized carbons (Fsp3) is 0.167. The Bertz CT molecular complexity index is 821. The van der Waals surface area contributed by atoms with Gasteiger partial charge < -0.3 is 5.32 Å². The van der Waals surface area contributed by atoms with Crippen molar-refractivity contribution in [3.8, 4) is 5.69 Å². The van der Waals surface area contributed by atoms with Crippen LogP contribution in [0.2, 0.25) is 0 Å². The summed E-state index contributed by atoms with van der Waals surface area (Å²) in [5, 5.41) is 10.9. The highest BCUT2D eigenvalue weighted by Crippen LogP contribution is 2.17. The Kier molecular flexibility index (Phi) is 4.19. The Labute approximate surface area is 135 Å². The number of nitrogens with zero attached hydrogens (tertiary/aromatic N) is 3. The quantitative estimate of drug-likeness (QED) is 0.803. The van der Waals surface area contributed by atoms with Crippen LogP contribution in [0.1, 0.15) is 28.5 Å². The third-order valence-corrected chi connectivity index (χ3v) is 3.74. The number of aryl methyl sites for hydroxylation is 2. The summed E-state index contributed by atoms with van der Waals surface area (Å²) >= 11 is 0. The Morgan fingerprint density at radius 3 is 2.52 bits per heavy atom. The van der Waals surface area contributed by atoms with Crippen molar-refractivity contribution in [3.63, 3.8) is 0 Å². The van der Waals surface area contributed by atoms with Crippen LogP contribution in [0, 0.1) is 6.92 Å². The lowest BCUT2D eigenvalue weighted by molar-refractivity contribution is 0.102. The second kappa shape index (κ2) is 6.44. The Morgan fingerprint density at radius 2 is 1.87 bits per heavy atom. The van der Waals surface area contributed by atoms with Crippen molar-refractivity contribution in [1.82, 2.24) is 15.0 Å². The van der Waals surface area contributed by atoms with Gasteiger partial charge >= 0.3 is 0 Å². The van der Waals surface area contributed by atoms with E-state index in [2.05, 4.69) is 22.6 Å². The van der Waals surface area contributed by atoms with Crippen molar-refractivity contribution in [3.05, 3.63) is 71.5 Å². The standard InChI is InChI=1S/C18H18N4O/c1-3-14-6-4-5-7-17(14)20-18(23)15-8-10-16(11-9-15)22-13(2)12-19-21-22/h4-12H,3H2,1-2H3,(H,20,23). The highest BCUT2D eigenvalue weighted by Gasteiger charge is 2.09. The van der Waals surface area contributed by atoms with Gasteiger partial charge in [-0.2, -0.15) is 0 Å². The van der Waals surface area contributed by atoms with Gasteiger partial charge in [0.25, 0.3) is 5.91 Å². The van der Waals surface area contributed by atoms with Crippen LogP contribution < -0.4 is 5.32 Å². The maximum absolute atomic E-state index is 12.4. The zero-order chi connectivity index (χ0) is 16.2. The van der Waals surface area contributed by atoms with Crippen LogP contribution in [-0.4, -0.2) is 20.9 Å². The summed E-state index contributed by atoms with van der Waals surface area (Å²) in [6.07, 6.45) is 2.57. The predicted octanol–water partition coefficient (Wildman–Crippen LogP) is 3.39. The maximum Gasteiger partial charge on any atom is 0.255 e. The van der Waals surface area contributed by atoms with Gasteiger partial charge in [0.05, 0.1) is 17.6 Å². The average molecular weight is 306 g/mol. The first-order valence-corrected chi connectivity index (χ1v) is 7.56. The molecule has 0 saturated heterocycles. The molecule has 0 radical (unpaired) electrons. The minimum Gasteiger partial charge on any atom is -0.322 e. The van der Waals surface area contributed by atoms with Gasteiger partial charge in [-0.3, -0.25) is 4.79 Å². The Hall–Kier alpha value is -2.95. The molecule has 0 aliphatic heterocycles. The number of para-hydroxylation sites is 1. The first-order chi connectivity index (χ1) is 11.2. The minimum atomic E-state index is -0.118. The highest BCUT2D eigenvalue weighted by atomic mass is 16.1. The molecule has 0 fully saturated rings. The molecule has 3 rings (SSSR count). The van der Waals surface area contributed by atoms with Crippen LogP contribution in [-0.2, 0) is 6.42 Å². The molecule has 3 aromatic rings. The zero-order valence-electron chi connectivity index (χ0n) is 13.2. The summed E-state index contributed by atoms with van der Waals surface area (Å²) in [5.41, 5.74) is 4.41. The molecule has 0 aliphatic carbocycles. The number of carbonyl (C=O) groups excluding carboxylic acids is 1. The molecule has 5 heteroatoms. The highest BCUT2D eigenvalue weighted by molar-refractivity contribution is 6.04. The summed E-state index contributed by atoms with van der Waals surface area (Å²) in [6, 6.07) is 15.1. The van der Waals surface area contributed by atoms with E-state index < -0.39 is 0 Å². The minimum absolute atomic E-state index is 0.118. The molecule has 23 heavy (non-hydrogen) atoms. The molecule has 5 nitrogen and oxygen atoms in total. The SMILES string of the molecule is CCc1ccccc1NC(=O)c1ccc(-n2nncc2C)cc1. The summed E-state index contributed by atoms with van der Waals surface area (Å²) < 4.78 is 1.73. The number of hydrogen-bond acceptors (Lipinski definition) is 3. The van der Waals surface area contributed by atoms with E-state index >= 15 is 0 Å². The van der Waals surface area contributed by atoms with Crippen LogP contribution in [0.5, 0.6) is 0 Å². The lowest BCUT2D eigenvalue weighted by atomic mass is 10.1. The van der Waals surface area contributed by atoms with E-state index in [1.54, 1.807) is 23.0 Å². The van der Waals surface area contributed by atoms with Crippen LogP contribution in [0.4, 0.5) is 5.69 Å². The van der Waals surface area contributed by atoms with E-state index in [0.717, 1.165) is 29.1 Å². The van der Waals surface area contributed by atoms with Crippen molar-refractivity contribution in [1.29, 1.82) is 0 Å². The molecule has 0 spiro atoms. The zero-order valence-corrected chi connectivity index (χ0v) is 13.2. The molecule has 116 valence electrons. The van der Waals surface area contributed by atoms with Crippen molar-refractivity contribution in [2.45, 2.75) is 20.3 Å². The van der Waals surface area contributed by atoms with Crippen molar-refractivity contribution in [2.24, 2.45) is 0 Å². The second-order valence-corrected chi connectivity index (χ2v) is 5.30. The molecule has 0 bridgehead atoms. The van der Waals surface area contributed by atoms with E-state index in [9.17, 15) is 4.79 Å². The number of aromatic nitrogens is 3. The van der Waals surface area contributed by atoms with Crippen LogP contribution in [0.3, 0.4) is 0 Å². The van der Waals surface area contributed by atoms with Crippen LogP contribution >= 0.6 is 0 Å². The normalized spacial score (nSPS) is 10.5. The van der Waals surface area contributed by atoms with Gasteiger partial charge in [-0.25, -0.2) is 4.68 Å². The molecule has 1 aromatic heterocycles. The Morgan fingerprint density at radius 1 is 1.13 bits per heavy atom. The van der Waals surface area contributed by atoms with Gasteiger partial charge in [0, 0.05) is 11.3 Å². The number of carbonyl (C=O) groups is 1. The second-order valence-electron chi connectivity index (χ2n) is 5.30. The monoisotopic (exact) mass is 306 g/mol. The molecular weight excluding hydrogens is 288 g/mol. The molecule has 1 amide bonds. The van der Waals surface area contributed by atoms with Crippen molar-refractivity contribution >= 4 is 11.6 Å². The average Bonchev–Trinajstić information content (AvgIpc) is 3.01. The molecular formula is C18H18N4O. The summed E-state index contributed by atoms with van der Waals surface area (Å²) in [5.74, 6) is -0.118. The lowest BCUT2D eigenvalue weighted by Gasteiger charge is -2.10. The van der Waals surface area contributed by atoms with Crippen LogP contribution in [0.15, 0.2) is 54.7 Å². The van der Waals surface area contributed by atoms with E-state index in [-0.39, 0.29) is 5.91 Å². The lowest BCUT2D eigenvalue weighted by Crippen LogP contribution is -2.13. The third-order valence-electron chi connectivity index (χ3n) is 3.74. The largest absolute Gasteiger partial charge is 0.322 e. The fourth-order valence-corrected chi connectivity index (χ4v) is 2.44. The van der Waals surface area contributed by atoms with Gasteiger partial charge in [0.1, 0.15) is 0 Å². The van der Waals surface area contributed by atoms with Gasteiger partial charge in [-0.05, 0) is 49.2 Å². The smallest absolute Gasteiger partial charge is 0.255 e. The molecule has 2 aromatic carbocycles. The van der Waals surface area contributed by atoms with E-state index in [1.165, 1.54) is 0 Å². The molecule has 0 atom stereocenters. The van der Waals surface area contributed by atoms with E-state index in [4.69, 9.17) is 0 Å². The number of rotatable bonds is 4. The summed E-state index contributed by atoms with van der Waals surface area (Å²) in [7, 11) is 0. The van der Waals surface area contributed by atoms with Crippen molar-refractivity contribution in [2.75, 3.05) is 5.32 Å².